The van der Waals surface area contributed by atoms with Gasteiger partial charge in [0.2, 0.25) is 5.91 Å². The van der Waals surface area contributed by atoms with Gasteiger partial charge < -0.3 is 4.98 Å². The molecule has 2 aromatic rings. The number of aromatic nitrogens is 1. The number of hydrogen-bond donors (Lipinski definition) is 3. The highest BCUT2D eigenvalue weighted by Crippen LogP contribution is 2.31. The Bertz CT molecular complexity index is 782. The summed E-state index contributed by atoms with van der Waals surface area (Å²) < 4.78 is 0. The van der Waals surface area contributed by atoms with Crippen LogP contribution in [0.15, 0.2) is 34.5 Å². The minimum absolute atomic E-state index is 0.0589. The minimum Gasteiger partial charge on any atom is -0.323 e. The number of carbonyl (C=O) groups is 2. The number of amides is 2. The lowest BCUT2D eigenvalue weighted by Crippen LogP contribution is -2.29. The second kappa shape index (κ2) is 11.1. The Morgan fingerprint density at radius 3 is 2.33 bits per heavy atom. The summed E-state index contributed by atoms with van der Waals surface area (Å²) in [4.78, 5) is 26.8. The lowest BCUT2D eigenvalue weighted by molar-refractivity contribution is -0.121. The second-order valence-electron chi connectivity index (χ2n) is 6.58. The Hall–Kier alpha value is -2.70. The zero-order valence-electron chi connectivity index (χ0n) is 16.2. The van der Waals surface area contributed by atoms with E-state index in [0.29, 0.717) is 24.5 Å². The first-order valence-corrected chi connectivity index (χ1v) is 9.75. The van der Waals surface area contributed by atoms with Gasteiger partial charge >= 0.3 is 0 Å². The molecule has 0 saturated heterocycles. The van der Waals surface area contributed by atoms with Crippen molar-refractivity contribution in [3.63, 3.8) is 0 Å². The highest BCUT2D eigenvalue weighted by atomic mass is 16.2. The molecular formula is C20H29N5O2. The standard InChI is InChI=1S/C20H29N5O2/c1-3-5-7-13-17(26)22-24-19-15-11-9-10-12-16(15)20(21-19)25-23-18(27)14-8-6-4-2/h9-12,21,24H,3-8,13-14H2,1-2H3,(H,22,26). The Morgan fingerprint density at radius 1 is 0.963 bits per heavy atom. The number of hydrazine groups is 1. The maximum atomic E-state index is 11.9. The Balaban J connectivity index is 2.04. The first kappa shape index (κ1) is 20.6. The van der Waals surface area contributed by atoms with Crippen LogP contribution in [0.5, 0.6) is 0 Å². The number of H-pyrrole nitrogens is 1. The van der Waals surface area contributed by atoms with E-state index in [-0.39, 0.29) is 11.8 Å². The molecule has 7 nitrogen and oxygen atoms in total. The van der Waals surface area contributed by atoms with E-state index >= 15 is 0 Å². The summed E-state index contributed by atoms with van der Waals surface area (Å²) in [6.07, 6.45) is 6.78. The molecule has 1 aromatic heterocycles. The van der Waals surface area contributed by atoms with Gasteiger partial charge in [0.1, 0.15) is 5.82 Å². The van der Waals surface area contributed by atoms with Crippen molar-refractivity contribution in [1.29, 1.82) is 0 Å². The van der Waals surface area contributed by atoms with Gasteiger partial charge in [-0.1, -0.05) is 63.8 Å². The van der Waals surface area contributed by atoms with Crippen LogP contribution in [0.25, 0.3) is 10.8 Å². The van der Waals surface area contributed by atoms with E-state index in [1.807, 2.05) is 24.3 Å². The molecule has 7 heteroatoms. The highest BCUT2D eigenvalue weighted by Gasteiger charge is 2.11. The third kappa shape index (κ3) is 6.51. The van der Waals surface area contributed by atoms with Crippen molar-refractivity contribution in [2.75, 3.05) is 5.43 Å². The van der Waals surface area contributed by atoms with Crippen molar-refractivity contribution in [3.05, 3.63) is 24.3 Å². The molecule has 146 valence electrons. The van der Waals surface area contributed by atoms with E-state index in [1.54, 1.807) is 0 Å². The topological polar surface area (TPSA) is 98.7 Å². The predicted molar refractivity (Wildman–Crippen MR) is 108 cm³/mol. The summed E-state index contributed by atoms with van der Waals surface area (Å²) in [5.41, 5.74) is 5.63. The summed E-state index contributed by atoms with van der Waals surface area (Å²) in [7, 11) is 0. The summed E-state index contributed by atoms with van der Waals surface area (Å²) in [6, 6.07) is 7.61. The van der Waals surface area contributed by atoms with Crippen molar-refractivity contribution < 1.29 is 9.59 Å². The van der Waals surface area contributed by atoms with Gasteiger partial charge in [0.25, 0.3) is 5.91 Å². The number of aromatic amines is 1. The predicted octanol–water partition coefficient (Wildman–Crippen LogP) is 5.38. The smallest absolute Gasteiger partial charge is 0.264 e. The van der Waals surface area contributed by atoms with Crippen LogP contribution in [-0.2, 0) is 9.59 Å². The van der Waals surface area contributed by atoms with Crippen molar-refractivity contribution in [1.82, 2.24) is 10.4 Å². The van der Waals surface area contributed by atoms with Gasteiger partial charge in [0, 0.05) is 23.6 Å². The Morgan fingerprint density at radius 2 is 1.63 bits per heavy atom. The summed E-state index contributed by atoms with van der Waals surface area (Å²) in [5, 5.41) is 9.62. The van der Waals surface area contributed by atoms with Gasteiger partial charge in [-0.3, -0.25) is 20.4 Å². The number of azo groups is 1. The number of unbranched alkanes of at least 4 members (excludes halogenated alkanes) is 4. The lowest BCUT2D eigenvalue weighted by Gasteiger charge is -2.07. The van der Waals surface area contributed by atoms with Crippen molar-refractivity contribution in [3.8, 4) is 0 Å². The van der Waals surface area contributed by atoms with Crippen LogP contribution in [0.2, 0.25) is 0 Å². The third-order valence-corrected chi connectivity index (χ3v) is 4.28. The monoisotopic (exact) mass is 371 g/mol. The van der Waals surface area contributed by atoms with Gasteiger partial charge in [-0.2, -0.15) is 0 Å². The molecule has 2 rings (SSSR count). The molecule has 0 unspecified atom stereocenters. The van der Waals surface area contributed by atoms with E-state index in [9.17, 15) is 9.59 Å². The third-order valence-electron chi connectivity index (χ3n) is 4.28. The summed E-state index contributed by atoms with van der Waals surface area (Å²) in [6.45, 7) is 4.19. The van der Waals surface area contributed by atoms with Crippen LogP contribution in [0.3, 0.4) is 0 Å². The molecule has 0 aliphatic rings. The van der Waals surface area contributed by atoms with E-state index in [2.05, 4.69) is 39.9 Å². The molecule has 0 atom stereocenters. The fraction of sp³-hybridized carbons (Fsp3) is 0.500. The molecule has 0 aliphatic heterocycles. The van der Waals surface area contributed by atoms with Gasteiger partial charge in [-0.05, 0) is 12.8 Å². The average molecular weight is 371 g/mol. The van der Waals surface area contributed by atoms with E-state index in [1.165, 1.54) is 0 Å². The fourth-order valence-electron chi connectivity index (χ4n) is 2.75. The van der Waals surface area contributed by atoms with Crippen molar-refractivity contribution >= 4 is 34.2 Å². The first-order chi connectivity index (χ1) is 13.2. The number of hydrogen-bond acceptors (Lipinski definition) is 4. The van der Waals surface area contributed by atoms with Crippen molar-refractivity contribution in [2.24, 2.45) is 10.2 Å². The Kier molecular flexibility index (Phi) is 8.48. The van der Waals surface area contributed by atoms with Gasteiger partial charge in [0.05, 0.1) is 0 Å². The zero-order valence-corrected chi connectivity index (χ0v) is 16.2. The summed E-state index contributed by atoms with van der Waals surface area (Å²) >= 11 is 0. The molecule has 0 bridgehead atoms. The molecule has 0 spiro atoms. The maximum absolute atomic E-state index is 11.9. The second-order valence-corrected chi connectivity index (χ2v) is 6.58. The highest BCUT2D eigenvalue weighted by molar-refractivity contribution is 6.00. The summed E-state index contributed by atoms with van der Waals surface area (Å²) in [5.74, 6) is 0.844. The molecule has 0 aliphatic carbocycles. The number of fused-ring (bicyclic) bond motifs is 1. The van der Waals surface area contributed by atoms with Crippen LogP contribution in [-0.4, -0.2) is 16.8 Å². The van der Waals surface area contributed by atoms with Crippen LogP contribution < -0.4 is 10.9 Å². The largest absolute Gasteiger partial charge is 0.323 e. The van der Waals surface area contributed by atoms with Gasteiger partial charge in [-0.25, -0.2) is 0 Å². The molecule has 0 fully saturated rings. The SMILES string of the molecule is CCCCCC(=O)N=Nc1[nH]c(NNC(=O)CCCCC)c2ccccc12. The van der Waals surface area contributed by atoms with Crippen LogP contribution >= 0.6 is 0 Å². The molecule has 27 heavy (non-hydrogen) atoms. The number of benzene rings is 1. The van der Waals surface area contributed by atoms with Crippen molar-refractivity contribution in [2.45, 2.75) is 65.2 Å². The van der Waals surface area contributed by atoms with Gasteiger partial charge in [-0.15, -0.1) is 10.2 Å². The zero-order chi connectivity index (χ0) is 19.5. The Labute approximate surface area is 160 Å². The number of rotatable bonds is 11. The normalized spacial score (nSPS) is 11.2. The lowest BCUT2D eigenvalue weighted by atomic mass is 10.2. The molecule has 1 heterocycles. The first-order valence-electron chi connectivity index (χ1n) is 9.75. The number of nitrogens with zero attached hydrogens (tertiary/aromatic N) is 2. The van der Waals surface area contributed by atoms with E-state index in [4.69, 9.17) is 0 Å². The van der Waals surface area contributed by atoms with Crippen LogP contribution in [0.1, 0.15) is 65.2 Å². The number of nitrogens with one attached hydrogen (secondary N) is 3. The minimum atomic E-state index is -0.221. The molecule has 3 N–H and O–H groups in total. The van der Waals surface area contributed by atoms with E-state index in [0.717, 1.165) is 49.3 Å². The average Bonchev–Trinajstić information content (AvgIpc) is 3.03. The molecule has 0 radical (unpaired) electrons. The number of carbonyl (C=O) groups excluding carboxylic acids is 2. The molecular weight excluding hydrogens is 342 g/mol. The quantitative estimate of drug-likeness (QED) is 0.281. The maximum Gasteiger partial charge on any atom is 0.264 e. The van der Waals surface area contributed by atoms with Crippen LogP contribution in [0.4, 0.5) is 11.6 Å². The fourth-order valence-corrected chi connectivity index (χ4v) is 2.75. The molecule has 0 saturated carbocycles. The van der Waals surface area contributed by atoms with E-state index < -0.39 is 0 Å². The molecule has 1 aromatic carbocycles. The number of anilines is 1. The molecule has 2 amide bonds. The van der Waals surface area contributed by atoms with Crippen LogP contribution in [0, 0.1) is 0 Å². The van der Waals surface area contributed by atoms with Gasteiger partial charge in [0.15, 0.2) is 5.82 Å².